The number of oxazole rings is 1. The van der Waals surface area contributed by atoms with Crippen molar-refractivity contribution >= 4 is 0 Å². The van der Waals surface area contributed by atoms with Crippen LogP contribution in [0.25, 0.3) is 0 Å². The van der Waals surface area contributed by atoms with Gasteiger partial charge in [-0.2, -0.15) is 0 Å². The summed E-state index contributed by atoms with van der Waals surface area (Å²) in [6.07, 6.45) is 2.30. The summed E-state index contributed by atoms with van der Waals surface area (Å²) in [7, 11) is 0. The molecule has 0 fully saturated rings. The topological polar surface area (TPSA) is 52.0 Å². The van der Waals surface area contributed by atoms with Gasteiger partial charge in [0.25, 0.3) is 0 Å². The molecule has 0 spiro atoms. The predicted molar refractivity (Wildman–Crippen MR) is 33.8 cm³/mol. The quantitative estimate of drug-likeness (QED) is 0.634. The Kier molecular flexibility index (Phi) is 1.85. The first-order valence-corrected chi connectivity index (χ1v) is 2.99. The van der Waals surface area contributed by atoms with Gasteiger partial charge in [0.1, 0.15) is 5.76 Å². The molecular formula is C6H10N2O. The molecule has 3 heteroatoms. The van der Waals surface area contributed by atoms with E-state index in [2.05, 4.69) is 4.98 Å². The van der Waals surface area contributed by atoms with Crippen molar-refractivity contribution in [1.29, 1.82) is 0 Å². The average molecular weight is 126 g/mol. The van der Waals surface area contributed by atoms with Crippen LogP contribution >= 0.6 is 0 Å². The Bertz CT molecular complexity index is 164. The van der Waals surface area contributed by atoms with Crippen molar-refractivity contribution in [3.8, 4) is 0 Å². The van der Waals surface area contributed by atoms with E-state index in [1.165, 1.54) is 6.39 Å². The summed E-state index contributed by atoms with van der Waals surface area (Å²) < 4.78 is 5.01. The molecule has 3 nitrogen and oxygen atoms in total. The summed E-state index contributed by atoms with van der Waals surface area (Å²) in [5, 5.41) is 0. The number of nitrogens with two attached hydrogens (primary N) is 1. The van der Waals surface area contributed by atoms with Gasteiger partial charge in [0.2, 0.25) is 0 Å². The highest BCUT2D eigenvalue weighted by Gasteiger charge is 2.01. The molecule has 1 heterocycles. The van der Waals surface area contributed by atoms with Gasteiger partial charge in [-0.3, -0.25) is 0 Å². The molecule has 0 atom stereocenters. The first kappa shape index (κ1) is 6.29. The Morgan fingerprint density at radius 1 is 1.78 bits per heavy atom. The van der Waals surface area contributed by atoms with Gasteiger partial charge < -0.3 is 10.2 Å². The number of hydrogen-bond acceptors (Lipinski definition) is 3. The van der Waals surface area contributed by atoms with Crippen LogP contribution in [0.15, 0.2) is 10.8 Å². The van der Waals surface area contributed by atoms with Crippen LogP contribution < -0.4 is 5.73 Å². The second-order valence-corrected chi connectivity index (χ2v) is 1.78. The summed E-state index contributed by atoms with van der Waals surface area (Å²) in [5.74, 6) is 0.900. The number of rotatable bonds is 2. The van der Waals surface area contributed by atoms with Crippen molar-refractivity contribution in [2.24, 2.45) is 5.73 Å². The summed E-state index contributed by atoms with van der Waals surface area (Å²) in [6.45, 7) is 2.49. The van der Waals surface area contributed by atoms with Crippen LogP contribution in [0.5, 0.6) is 0 Å². The smallest absolute Gasteiger partial charge is 0.181 e. The zero-order valence-electron chi connectivity index (χ0n) is 5.42. The molecule has 1 aromatic rings. The van der Waals surface area contributed by atoms with Gasteiger partial charge in [0, 0.05) is 13.0 Å². The normalized spacial score (nSPS) is 10.0. The summed E-state index contributed by atoms with van der Waals surface area (Å²) >= 11 is 0. The second kappa shape index (κ2) is 2.64. The van der Waals surface area contributed by atoms with Crippen molar-refractivity contribution in [3.05, 3.63) is 17.8 Å². The van der Waals surface area contributed by atoms with Crippen molar-refractivity contribution in [3.63, 3.8) is 0 Å². The molecule has 2 N–H and O–H groups in total. The van der Waals surface area contributed by atoms with Crippen LogP contribution in [0.4, 0.5) is 0 Å². The molecule has 0 aliphatic carbocycles. The van der Waals surface area contributed by atoms with E-state index in [-0.39, 0.29) is 0 Å². The highest BCUT2D eigenvalue weighted by Crippen LogP contribution is 2.04. The van der Waals surface area contributed by atoms with Gasteiger partial charge >= 0.3 is 0 Å². The van der Waals surface area contributed by atoms with Crippen molar-refractivity contribution in [2.45, 2.75) is 19.9 Å². The third-order valence-electron chi connectivity index (χ3n) is 1.24. The molecule has 0 radical (unpaired) electrons. The van der Waals surface area contributed by atoms with Crippen LogP contribution in [-0.4, -0.2) is 4.98 Å². The maximum Gasteiger partial charge on any atom is 0.181 e. The Labute approximate surface area is 53.9 Å². The van der Waals surface area contributed by atoms with E-state index in [1.807, 2.05) is 6.92 Å². The van der Waals surface area contributed by atoms with Gasteiger partial charge in [-0.25, -0.2) is 4.98 Å². The molecule has 1 aromatic heterocycles. The fraction of sp³-hybridized carbons (Fsp3) is 0.500. The predicted octanol–water partition coefficient (Wildman–Crippen LogP) is 0.696. The largest absolute Gasteiger partial charge is 0.448 e. The monoisotopic (exact) mass is 126 g/mol. The Morgan fingerprint density at radius 3 is 3.00 bits per heavy atom. The first-order chi connectivity index (χ1) is 4.38. The van der Waals surface area contributed by atoms with Gasteiger partial charge in [0.15, 0.2) is 6.39 Å². The Hall–Kier alpha value is -0.830. The van der Waals surface area contributed by atoms with E-state index < -0.39 is 0 Å². The van der Waals surface area contributed by atoms with Crippen LogP contribution in [0.3, 0.4) is 0 Å². The third-order valence-corrected chi connectivity index (χ3v) is 1.24. The minimum atomic E-state index is 0.472. The fourth-order valence-electron chi connectivity index (χ4n) is 0.748. The standard InChI is InChI=1S/C6H10N2O/c1-2-6-5(3-7)8-4-9-6/h4H,2-3,7H2,1H3. The van der Waals surface area contributed by atoms with E-state index in [1.54, 1.807) is 0 Å². The fourth-order valence-corrected chi connectivity index (χ4v) is 0.748. The summed E-state index contributed by atoms with van der Waals surface area (Å²) in [4.78, 5) is 3.91. The number of hydrogen-bond donors (Lipinski definition) is 1. The lowest BCUT2D eigenvalue weighted by Crippen LogP contribution is -1.99. The highest BCUT2D eigenvalue weighted by molar-refractivity contribution is 5.05. The van der Waals surface area contributed by atoms with E-state index in [9.17, 15) is 0 Å². The zero-order chi connectivity index (χ0) is 6.69. The zero-order valence-corrected chi connectivity index (χ0v) is 5.42. The first-order valence-electron chi connectivity index (χ1n) is 2.99. The molecule has 0 aliphatic rings. The number of aromatic nitrogens is 1. The Morgan fingerprint density at radius 2 is 2.56 bits per heavy atom. The molecule has 0 saturated heterocycles. The molecule has 0 aromatic carbocycles. The minimum Gasteiger partial charge on any atom is -0.448 e. The summed E-state index contributed by atoms with van der Waals surface area (Å²) in [6, 6.07) is 0. The molecule has 50 valence electrons. The molecule has 0 aliphatic heterocycles. The van der Waals surface area contributed by atoms with Crippen molar-refractivity contribution in [1.82, 2.24) is 4.98 Å². The minimum absolute atomic E-state index is 0.472. The maximum atomic E-state index is 5.35. The van der Waals surface area contributed by atoms with E-state index in [0.29, 0.717) is 6.54 Å². The number of aryl methyl sites for hydroxylation is 1. The molecular weight excluding hydrogens is 116 g/mol. The molecule has 0 amide bonds. The molecule has 0 bridgehead atoms. The lowest BCUT2D eigenvalue weighted by Gasteiger charge is -1.89. The van der Waals surface area contributed by atoms with Gasteiger partial charge in [-0.15, -0.1) is 0 Å². The molecule has 0 unspecified atom stereocenters. The van der Waals surface area contributed by atoms with E-state index in [4.69, 9.17) is 10.2 Å². The van der Waals surface area contributed by atoms with Crippen LogP contribution in [0, 0.1) is 0 Å². The highest BCUT2D eigenvalue weighted by atomic mass is 16.3. The Balaban J connectivity index is 2.85. The van der Waals surface area contributed by atoms with Crippen LogP contribution in [0.1, 0.15) is 18.4 Å². The summed E-state index contributed by atoms with van der Waals surface area (Å²) in [5.41, 5.74) is 6.22. The average Bonchev–Trinajstić information content (AvgIpc) is 2.33. The molecule has 1 rings (SSSR count). The molecule has 9 heavy (non-hydrogen) atoms. The van der Waals surface area contributed by atoms with Crippen LogP contribution in [0.2, 0.25) is 0 Å². The van der Waals surface area contributed by atoms with Gasteiger partial charge in [-0.05, 0) is 0 Å². The number of nitrogens with zero attached hydrogens (tertiary/aromatic N) is 1. The van der Waals surface area contributed by atoms with Crippen molar-refractivity contribution < 1.29 is 4.42 Å². The van der Waals surface area contributed by atoms with Crippen LogP contribution in [-0.2, 0) is 13.0 Å². The van der Waals surface area contributed by atoms with Crippen molar-refractivity contribution in [2.75, 3.05) is 0 Å². The second-order valence-electron chi connectivity index (χ2n) is 1.78. The van der Waals surface area contributed by atoms with Gasteiger partial charge in [-0.1, -0.05) is 6.92 Å². The molecule has 0 saturated carbocycles. The maximum absolute atomic E-state index is 5.35. The lowest BCUT2D eigenvalue weighted by atomic mass is 10.3. The SMILES string of the molecule is CCc1ocnc1CN. The third kappa shape index (κ3) is 1.10. The lowest BCUT2D eigenvalue weighted by molar-refractivity contribution is 0.507. The van der Waals surface area contributed by atoms with E-state index >= 15 is 0 Å². The van der Waals surface area contributed by atoms with E-state index in [0.717, 1.165) is 17.9 Å². The van der Waals surface area contributed by atoms with Gasteiger partial charge in [0.05, 0.1) is 5.69 Å².